The largest absolute Gasteiger partial charge is 0.492 e. The van der Waals surface area contributed by atoms with Crippen LogP contribution in [0.2, 0.25) is 0 Å². The van der Waals surface area contributed by atoms with Crippen LogP contribution in [-0.2, 0) is 11.2 Å². The Morgan fingerprint density at radius 1 is 1.19 bits per heavy atom. The lowest BCUT2D eigenvalue weighted by molar-refractivity contribution is -0.118. The first-order valence-corrected chi connectivity index (χ1v) is 13.8. The number of hydrogen-bond donors (Lipinski definition) is 1. The average Bonchev–Trinajstić information content (AvgIpc) is 3.45. The highest BCUT2D eigenvalue weighted by atomic mass is 32.1. The number of rotatable bonds is 9. The lowest BCUT2D eigenvalue weighted by atomic mass is 10.1. The van der Waals surface area contributed by atoms with Gasteiger partial charge >= 0.3 is 0 Å². The van der Waals surface area contributed by atoms with E-state index in [0.29, 0.717) is 13.0 Å². The number of fused-ring (bicyclic) bond motifs is 1. The summed E-state index contributed by atoms with van der Waals surface area (Å²) >= 11 is 1.53. The molecule has 0 radical (unpaired) electrons. The molecule has 2 fully saturated rings. The van der Waals surface area contributed by atoms with E-state index in [1.165, 1.54) is 11.3 Å². The topological polar surface area (TPSA) is 77.6 Å². The van der Waals surface area contributed by atoms with E-state index in [2.05, 4.69) is 26.8 Å². The number of nitrogens with zero attached hydrogens (tertiary/aromatic N) is 5. The number of piperazine rings is 1. The summed E-state index contributed by atoms with van der Waals surface area (Å²) in [6.07, 6.45) is 6.09. The highest BCUT2D eigenvalue weighted by molar-refractivity contribution is 7.14. The molecule has 1 saturated heterocycles. The van der Waals surface area contributed by atoms with Crippen LogP contribution in [0.1, 0.15) is 18.4 Å². The minimum absolute atomic E-state index is 0.0820. The summed E-state index contributed by atoms with van der Waals surface area (Å²) in [5.74, 6) is 0.903. The number of anilines is 1. The number of carbonyl (C=O) groups is 1. The molecule has 0 spiro atoms. The number of nitrogens with one attached hydrogen (secondary N) is 1. The SMILES string of the molecule is CN1CCN(CCOc2cccc(CC(=O)N(c3nc(-c4c[nH]c5ncccc45)cs3)C3CC3)c2)CC1. The van der Waals surface area contributed by atoms with Crippen molar-refractivity contribution in [3.63, 3.8) is 0 Å². The van der Waals surface area contributed by atoms with Crippen molar-refractivity contribution in [2.24, 2.45) is 0 Å². The zero-order valence-corrected chi connectivity index (χ0v) is 21.9. The van der Waals surface area contributed by atoms with Crippen LogP contribution in [0, 0.1) is 0 Å². The summed E-state index contributed by atoms with van der Waals surface area (Å²) in [5, 5.41) is 3.83. The first-order valence-electron chi connectivity index (χ1n) is 13.0. The van der Waals surface area contributed by atoms with Crippen LogP contribution in [0.4, 0.5) is 5.13 Å². The number of amides is 1. The van der Waals surface area contributed by atoms with Crippen molar-refractivity contribution in [3.8, 4) is 17.0 Å². The monoisotopic (exact) mass is 516 g/mol. The summed E-state index contributed by atoms with van der Waals surface area (Å²) in [4.78, 5) is 32.7. The van der Waals surface area contributed by atoms with Crippen molar-refractivity contribution in [2.75, 3.05) is 51.3 Å². The highest BCUT2D eigenvalue weighted by Crippen LogP contribution is 2.37. The van der Waals surface area contributed by atoms with E-state index in [9.17, 15) is 4.79 Å². The third-order valence-corrected chi connectivity index (χ3v) is 7.97. The number of pyridine rings is 1. The Labute approximate surface area is 220 Å². The van der Waals surface area contributed by atoms with Crippen LogP contribution in [0.3, 0.4) is 0 Å². The van der Waals surface area contributed by atoms with Crippen molar-refractivity contribution in [1.82, 2.24) is 24.8 Å². The van der Waals surface area contributed by atoms with E-state index in [1.54, 1.807) is 6.20 Å². The predicted octanol–water partition coefficient (Wildman–Crippen LogP) is 4.05. The zero-order valence-electron chi connectivity index (χ0n) is 21.1. The van der Waals surface area contributed by atoms with E-state index in [0.717, 1.165) is 84.3 Å². The van der Waals surface area contributed by atoms with E-state index in [4.69, 9.17) is 9.72 Å². The van der Waals surface area contributed by atoms with Crippen LogP contribution >= 0.6 is 11.3 Å². The molecule has 1 aliphatic carbocycles. The van der Waals surface area contributed by atoms with Crippen molar-refractivity contribution < 1.29 is 9.53 Å². The zero-order chi connectivity index (χ0) is 25.2. The number of likely N-dealkylation sites (N-methyl/N-ethyl adjacent to an activating group) is 1. The van der Waals surface area contributed by atoms with Crippen molar-refractivity contribution >= 4 is 33.4 Å². The molecule has 1 aromatic carbocycles. The first-order chi connectivity index (χ1) is 18.1. The number of thiazole rings is 1. The minimum atomic E-state index is 0.0820. The summed E-state index contributed by atoms with van der Waals surface area (Å²) in [6, 6.07) is 12.1. The Morgan fingerprint density at radius 3 is 2.89 bits per heavy atom. The Hall–Kier alpha value is -3.27. The molecule has 37 heavy (non-hydrogen) atoms. The second-order valence-corrected chi connectivity index (χ2v) is 10.8. The number of aromatic amines is 1. The van der Waals surface area contributed by atoms with E-state index in [-0.39, 0.29) is 11.9 Å². The number of H-pyrrole nitrogens is 1. The minimum Gasteiger partial charge on any atom is -0.492 e. The molecule has 4 aromatic rings. The lowest BCUT2D eigenvalue weighted by Gasteiger charge is -2.32. The summed E-state index contributed by atoms with van der Waals surface area (Å²) in [5.41, 5.74) is 3.68. The predicted molar refractivity (Wildman–Crippen MR) is 147 cm³/mol. The molecule has 0 atom stereocenters. The van der Waals surface area contributed by atoms with Gasteiger partial charge in [-0.15, -0.1) is 11.3 Å². The Balaban J connectivity index is 1.11. The molecule has 4 heterocycles. The van der Waals surface area contributed by atoms with Crippen LogP contribution in [0.25, 0.3) is 22.3 Å². The van der Waals surface area contributed by atoms with Gasteiger partial charge in [0, 0.05) is 67.5 Å². The highest BCUT2D eigenvalue weighted by Gasteiger charge is 2.35. The molecule has 1 N–H and O–H groups in total. The van der Waals surface area contributed by atoms with Gasteiger partial charge in [-0.3, -0.25) is 14.6 Å². The van der Waals surface area contributed by atoms with E-state index < -0.39 is 0 Å². The Kier molecular flexibility index (Phi) is 6.91. The molecule has 0 unspecified atom stereocenters. The molecule has 9 heteroatoms. The van der Waals surface area contributed by atoms with Crippen molar-refractivity contribution in [3.05, 3.63) is 59.7 Å². The number of hydrogen-bond acceptors (Lipinski definition) is 7. The summed E-state index contributed by atoms with van der Waals surface area (Å²) < 4.78 is 6.04. The van der Waals surface area contributed by atoms with E-state index >= 15 is 0 Å². The maximum Gasteiger partial charge on any atom is 0.233 e. The van der Waals surface area contributed by atoms with Gasteiger partial charge in [-0.05, 0) is 49.7 Å². The van der Waals surface area contributed by atoms with E-state index in [1.807, 2.05) is 52.9 Å². The number of carbonyl (C=O) groups excluding carboxylic acids is 1. The maximum absolute atomic E-state index is 13.5. The van der Waals surface area contributed by atoms with Crippen LogP contribution in [0.15, 0.2) is 54.2 Å². The fraction of sp³-hybridized carbons (Fsp3) is 0.393. The van der Waals surface area contributed by atoms with Crippen molar-refractivity contribution in [1.29, 1.82) is 0 Å². The first kappa shape index (κ1) is 24.1. The quantitative estimate of drug-likeness (QED) is 0.362. The Morgan fingerprint density at radius 2 is 2.05 bits per heavy atom. The molecule has 2 aliphatic rings. The number of aromatic nitrogens is 3. The third kappa shape index (κ3) is 5.53. The molecular formula is C28H32N6O2S. The smallest absolute Gasteiger partial charge is 0.233 e. The maximum atomic E-state index is 13.5. The average molecular weight is 517 g/mol. The Bertz CT molecular complexity index is 1370. The summed E-state index contributed by atoms with van der Waals surface area (Å²) in [7, 11) is 2.17. The van der Waals surface area contributed by atoms with Gasteiger partial charge in [-0.2, -0.15) is 0 Å². The standard InChI is InChI=1S/C28H32N6O2S/c1-32-10-12-33(13-11-32)14-15-36-22-5-2-4-20(16-22)17-26(35)34(21-7-8-21)28-31-25(19-37-28)24-18-30-27-23(24)6-3-9-29-27/h2-6,9,16,18-19,21H,7-8,10-15,17H2,1H3,(H,29,30). The van der Waals surface area contributed by atoms with Crippen LogP contribution < -0.4 is 9.64 Å². The van der Waals surface area contributed by atoms with Gasteiger partial charge in [-0.25, -0.2) is 9.97 Å². The second kappa shape index (κ2) is 10.6. The molecular weight excluding hydrogens is 484 g/mol. The molecule has 1 saturated carbocycles. The molecule has 0 bridgehead atoms. The summed E-state index contributed by atoms with van der Waals surface area (Å²) in [6.45, 7) is 5.96. The van der Waals surface area contributed by atoms with Crippen molar-refractivity contribution in [2.45, 2.75) is 25.3 Å². The molecule has 1 aliphatic heterocycles. The molecule has 192 valence electrons. The lowest BCUT2D eigenvalue weighted by Crippen LogP contribution is -2.45. The van der Waals surface area contributed by atoms with Gasteiger partial charge < -0.3 is 14.6 Å². The third-order valence-electron chi connectivity index (χ3n) is 7.13. The molecule has 8 nitrogen and oxygen atoms in total. The second-order valence-electron chi connectivity index (χ2n) is 9.93. The van der Waals surface area contributed by atoms with Gasteiger partial charge in [0.2, 0.25) is 5.91 Å². The molecule has 6 rings (SSSR count). The van der Waals surface area contributed by atoms with Gasteiger partial charge in [0.25, 0.3) is 0 Å². The number of ether oxygens (including phenoxy) is 1. The van der Waals surface area contributed by atoms with Gasteiger partial charge in [0.1, 0.15) is 18.0 Å². The molecule has 3 aromatic heterocycles. The van der Waals surface area contributed by atoms with Gasteiger partial charge in [-0.1, -0.05) is 12.1 Å². The number of benzene rings is 1. The van der Waals surface area contributed by atoms with Crippen LogP contribution in [0.5, 0.6) is 5.75 Å². The fourth-order valence-corrected chi connectivity index (χ4v) is 5.75. The normalized spacial score (nSPS) is 16.8. The van der Waals surface area contributed by atoms with Gasteiger partial charge in [0.15, 0.2) is 5.13 Å². The van der Waals surface area contributed by atoms with Crippen LogP contribution in [-0.4, -0.2) is 83.1 Å². The van der Waals surface area contributed by atoms with Gasteiger partial charge in [0.05, 0.1) is 12.1 Å². The fourth-order valence-electron chi connectivity index (χ4n) is 4.83. The molecule has 1 amide bonds.